The Morgan fingerprint density at radius 1 is 1.12 bits per heavy atom. The summed E-state index contributed by atoms with van der Waals surface area (Å²) in [4.78, 5) is 15.1. The first-order chi connectivity index (χ1) is 15.8. The second kappa shape index (κ2) is 9.34. The molecule has 0 bridgehead atoms. The monoisotopic (exact) mass is 484 g/mol. The molecule has 1 aromatic heterocycles. The van der Waals surface area contributed by atoms with Gasteiger partial charge >= 0.3 is 11.6 Å². The van der Waals surface area contributed by atoms with Gasteiger partial charge in [-0.05, 0) is 40.8 Å². The average Bonchev–Trinajstić information content (AvgIpc) is 2.73. The van der Waals surface area contributed by atoms with Gasteiger partial charge in [0.25, 0.3) is 0 Å². The minimum Gasteiger partial charge on any atom is -0.496 e. The topological polar surface area (TPSA) is 112 Å². The van der Waals surface area contributed by atoms with Crippen LogP contribution in [-0.4, -0.2) is 31.9 Å². The van der Waals surface area contributed by atoms with Crippen molar-refractivity contribution in [1.82, 2.24) is 4.98 Å². The fourth-order valence-electron chi connectivity index (χ4n) is 3.55. The Balaban J connectivity index is 2.12. The SMILES string of the molecule is COc1c(/C=C/c2ccc(NS(C)(=O)=O)cc2)cc(-c2c[n+](C)c(O)[nH]c2=O)cc1C(C)(C)C. The standard InChI is InChI=1S/C25H29N3O5S/c1-25(2,3)21-14-18(20-15-28(4)24(30)26-23(20)29)13-17(22(21)33-5)10-7-16-8-11-19(12-9-16)27-34(6,31)32/h7-15,27H,1-6H3,(H,26,29,30)/p+1/b10-7+. The highest BCUT2D eigenvalue weighted by atomic mass is 32.2. The number of nitrogens with zero attached hydrogens (tertiary/aromatic N) is 1. The number of anilines is 1. The summed E-state index contributed by atoms with van der Waals surface area (Å²) in [5.41, 5.74) is 3.48. The molecule has 2 aromatic carbocycles. The number of aromatic nitrogens is 2. The molecular formula is C25H30N3O5S+. The molecule has 1 heterocycles. The zero-order valence-corrected chi connectivity index (χ0v) is 20.9. The third-order valence-electron chi connectivity index (χ3n) is 5.24. The van der Waals surface area contributed by atoms with Gasteiger partial charge in [0, 0.05) is 16.8 Å². The van der Waals surface area contributed by atoms with Gasteiger partial charge in [-0.3, -0.25) is 4.72 Å². The third-order valence-corrected chi connectivity index (χ3v) is 5.84. The quantitative estimate of drug-likeness (QED) is 0.367. The van der Waals surface area contributed by atoms with Crippen LogP contribution in [0.15, 0.2) is 47.4 Å². The molecule has 3 N–H and O–H groups in total. The van der Waals surface area contributed by atoms with Gasteiger partial charge in [0.05, 0.1) is 20.4 Å². The maximum absolute atomic E-state index is 12.6. The summed E-state index contributed by atoms with van der Waals surface area (Å²) in [7, 11) is -0.0870. The minimum absolute atomic E-state index is 0.229. The number of benzene rings is 2. The molecule has 9 heteroatoms. The Labute approximate surface area is 199 Å². The highest BCUT2D eigenvalue weighted by Crippen LogP contribution is 2.38. The van der Waals surface area contributed by atoms with E-state index in [2.05, 4.69) is 30.5 Å². The van der Waals surface area contributed by atoms with Gasteiger partial charge in [-0.25, -0.2) is 17.8 Å². The number of ether oxygens (including phenoxy) is 1. The minimum atomic E-state index is -3.34. The second-order valence-electron chi connectivity index (χ2n) is 9.16. The molecule has 0 aliphatic carbocycles. The lowest BCUT2D eigenvalue weighted by molar-refractivity contribution is -0.680. The van der Waals surface area contributed by atoms with Crippen LogP contribution in [0.1, 0.15) is 37.5 Å². The Morgan fingerprint density at radius 2 is 1.76 bits per heavy atom. The lowest BCUT2D eigenvalue weighted by Gasteiger charge is -2.24. The van der Waals surface area contributed by atoms with Crippen LogP contribution in [0, 0.1) is 0 Å². The van der Waals surface area contributed by atoms with Crippen molar-refractivity contribution in [2.75, 3.05) is 18.1 Å². The molecule has 0 radical (unpaired) electrons. The summed E-state index contributed by atoms with van der Waals surface area (Å²) in [5, 5.41) is 9.82. The fourth-order valence-corrected chi connectivity index (χ4v) is 4.12. The Kier molecular flexibility index (Phi) is 6.88. The van der Waals surface area contributed by atoms with Crippen molar-refractivity contribution in [3.8, 4) is 22.9 Å². The Morgan fingerprint density at radius 3 is 2.32 bits per heavy atom. The maximum atomic E-state index is 12.6. The second-order valence-corrected chi connectivity index (χ2v) is 10.9. The molecule has 0 fully saturated rings. The van der Waals surface area contributed by atoms with Crippen LogP contribution < -0.4 is 19.6 Å². The van der Waals surface area contributed by atoms with Gasteiger partial charge in [-0.1, -0.05) is 45.1 Å². The number of aromatic hydroxyl groups is 1. The van der Waals surface area contributed by atoms with E-state index in [9.17, 15) is 18.3 Å². The predicted octanol–water partition coefficient (Wildman–Crippen LogP) is 3.42. The zero-order chi connectivity index (χ0) is 25.3. The molecule has 3 aromatic rings. The van der Waals surface area contributed by atoms with Crippen LogP contribution >= 0.6 is 0 Å². The number of methoxy groups -OCH3 is 1. The lowest BCUT2D eigenvalue weighted by atomic mass is 9.83. The van der Waals surface area contributed by atoms with Crippen LogP contribution in [0.4, 0.5) is 5.69 Å². The van der Waals surface area contributed by atoms with Crippen molar-refractivity contribution in [1.29, 1.82) is 0 Å². The number of rotatable bonds is 6. The van der Waals surface area contributed by atoms with Gasteiger partial charge < -0.3 is 9.84 Å². The van der Waals surface area contributed by atoms with E-state index in [1.165, 1.54) is 4.57 Å². The molecule has 180 valence electrons. The molecular weight excluding hydrogens is 454 g/mol. The van der Waals surface area contributed by atoms with E-state index in [0.29, 0.717) is 22.6 Å². The summed E-state index contributed by atoms with van der Waals surface area (Å²) in [6.07, 6.45) is 6.47. The van der Waals surface area contributed by atoms with Gasteiger partial charge in [-0.2, -0.15) is 4.98 Å². The molecule has 3 rings (SSSR count). The molecule has 0 spiro atoms. The van der Waals surface area contributed by atoms with Crippen LogP contribution in [0.25, 0.3) is 23.3 Å². The van der Waals surface area contributed by atoms with E-state index in [4.69, 9.17) is 4.74 Å². The molecule has 8 nitrogen and oxygen atoms in total. The number of hydrogen-bond donors (Lipinski definition) is 3. The summed E-state index contributed by atoms with van der Waals surface area (Å²) in [6, 6.07) is 10.5. The van der Waals surface area contributed by atoms with Gasteiger partial charge in [-0.15, -0.1) is 0 Å². The van der Waals surface area contributed by atoms with Crippen molar-refractivity contribution < 1.29 is 22.8 Å². The van der Waals surface area contributed by atoms with Crippen molar-refractivity contribution in [3.05, 3.63) is 69.6 Å². The molecule has 0 aliphatic heterocycles. The average molecular weight is 485 g/mol. The van der Waals surface area contributed by atoms with E-state index in [-0.39, 0.29) is 11.4 Å². The van der Waals surface area contributed by atoms with Crippen LogP contribution in [0.2, 0.25) is 0 Å². The number of aryl methyl sites for hydroxylation is 1. The van der Waals surface area contributed by atoms with E-state index >= 15 is 0 Å². The number of hydrogen-bond acceptors (Lipinski definition) is 5. The summed E-state index contributed by atoms with van der Waals surface area (Å²) in [6.45, 7) is 6.20. The van der Waals surface area contributed by atoms with Crippen molar-refractivity contribution >= 4 is 27.9 Å². The number of sulfonamides is 1. The largest absolute Gasteiger partial charge is 0.496 e. The summed E-state index contributed by atoms with van der Waals surface area (Å²) < 4.78 is 32.5. The Hall–Kier alpha value is -3.59. The summed E-state index contributed by atoms with van der Waals surface area (Å²) >= 11 is 0. The fraction of sp³-hybridized carbons (Fsp3) is 0.280. The maximum Gasteiger partial charge on any atom is 0.454 e. The van der Waals surface area contributed by atoms with Crippen LogP contribution in [0.3, 0.4) is 0 Å². The van der Waals surface area contributed by atoms with E-state index in [1.54, 1.807) is 44.6 Å². The predicted molar refractivity (Wildman–Crippen MR) is 134 cm³/mol. The van der Waals surface area contributed by atoms with Crippen LogP contribution in [0.5, 0.6) is 11.8 Å². The van der Waals surface area contributed by atoms with Crippen molar-refractivity contribution in [3.63, 3.8) is 0 Å². The van der Waals surface area contributed by atoms with E-state index in [1.807, 2.05) is 24.3 Å². The molecule has 0 saturated heterocycles. The lowest BCUT2D eigenvalue weighted by Crippen LogP contribution is -2.33. The molecule has 0 amide bonds. The smallest absolute Gasteiger partial charge is 0.454 e. The first-order valence-corrected chi connectivity index (χ1v) is 12.5. The van der Waals surface area contributed by atoms with Crippen molar-refractivity contribution in [2.24, 2.45) is 7.05 Å². The summed E-state index contributed by atoms with van der Waals surface area (Å²) in [5.74, 6) is 0.697. The molecule has 0 atom stereocenters. The molecule has 0 aliphatic rings. The highest BCUT2D eigenvalue weighted by molar-refractivity contribution is 7.92. The molecule has 0 saturated carbocycles. The zero-order valence-electron chi connectivity index (χ0n) is 20.1. The first-order valence-electron chi connectivity index (χ1n) is 10.6. The molecule has 0 unspecified atom stereocenters. The third kappa shape index (κ3) is 5.85. The van der Waals surface area contributed by atoms with Gasteiger partial charge in [0.1, 0.15) is 17.5 Å². The number of H-pyrrole nitrogens is 1. The van der Waals surface area contributed by atoms with E-state index < -0.39 is 15.6 Å². The number of nitrogens with one attached hydrogen (secondary N) is 2. The Bertz CT molecular complexity index is 1400. The highest BCUT2D eigenvalue weighted by Gasteiger charge is 2.24. The normalized spacial score (nSPS) is 12.2. The van der Waals surface area contributed by atoms with Gasteiger partial charge in [0.2, 0.25) is 10.0 Å². The van der Waals surface area contributed by atoms with Crippen molar-refractivity contribution in [2.45, 2.75) is 26.2 Å². The first kappa shape index (κ1) is 25.0. The van der Waals surface area contributed by atoms with Crippen LogP contribution in [-0.2, 0) is 22.5 Å². The van der Waals surface area contributed by atoms with Gasteiger partial charge in [0.15, 0.2) is 0 Å². The molecule has 34 heavy (non-hydrogen) atoms. The van der Waals surface area contributed by atoms with E-state index in [0.717, 1.165) is 22.9 Å². The number of aromatic amines is 1.